The van der Waals surface area contributed by atoms with Gasteiger partial charge in [-0.15, -0.1) is 0 Å². The number of amides is 1. The van der Waals surface area contributed by atoms with Gasteiger partial charge in [0.05, 0.1) is 18.6 Å². The molecule has 0 bridgehead atoms. The summed E-state index contributed by atoms with van der Waals surface area (Å²) in [5.41, 5.74) is -0.220. The van der Waals surface area contributed by atoms with E-state index in [4.69, 9.17) is 14.6 Å². The minimum atomic E-state index is -0.904. The zero-order valence-corrected chi connectivity index (χ0v) is 12.5. The molecule has 1 saturated carbocycles. The third kappa shape index (κ3) is 4.17. The highest BCUT2D eigenvalue weighted by molar-refractivity contribution is 5.95. The van der Waals surface area contributed by atoms with Crippen molar-refractivity contribution in [1.82, 2.24) is 10.3 Å². The summed E-state index contributed by atoms with van der Waals surface area (Å²) in [6.45, 7) is 0.775. The molecular weight excluding hydrogens is 288 g/mol. The average Bonchev–Trinajstić information content (AvgIpc) is 2.45. The summed E-state index contributed by atoms with van der Waals surface area (Å²) in [6, 6.07) is 3.11. The lowest BCUT2D eigenvalue weighted by Gasteiger charge is -2.41. The van der Waals surface area contributed by atoms with Crippen LogP contribution in [0.2, 0.25) is 0 Å². The molecule has 22 heavy (non-hydrogen) atoms. The van der Waals surface area contributed by atoms with Gasteiger partial charge < -0.3 is 19.9 Å². The zero-order valence-electron chi connectivity index (χ0n) is 12.5. The molecule has 0 radical (unpaired) electrons. The van der Waals surface area contributed by atoms with Gasteiger partial charge in [0.25, 0.3) is 5.91 Å². The number of ether oxygens (including phenoxy) is 2. The summed E-state index contributed by atoms with van der Waals surface area (Å²) in [7, 11) is 1.57. The van der Waals surface area contributed by atoms with Crippen LogP contribution in [0.15, 0.2) is 18.3 Å². The van der Waals surface area contributed by atoms with Gasteiger partial charge in [0.2, 0.25) is 5.88 Å². The first-order valence-electron chi connectivity index (χ1n) is 7.17. The lowest BCUT2D eigenvalue weighted by atomic mass is 9.74. The minimum absolute atomic E-state index is 0.0545. The van der Waals surface area contributed by atoms with Crippen LogP contribution < -0.4 is 10.1 Å². The number of nitrogens with one attached hydrogen (secondary N) is 1. The molecule has 0 aromatic carbocycles. The number of nitrogens with zero attached hydrogens (tertiary/aromatic N) is 1. The Morgan fingerprint density at radius 1 is 1.41 bits per heavy atom. The molecule has 1 aromatic rings. The number of methoxy groups -OCH3 is 1. The van der Waals surface area contributed by atoms with Crippen molar-refractivity contribution in [3.05, 3.63) is 23.9 Å². The molecule has 7 nitrogen and oxygen atoms in total. The molecule has 1 amide bonds. The van der Waals surface area contributed by atoms with E-state index in [1.54, 1.807) is 13.2 Å². The first kappa shape index (κ1) is 16.2. The quantitative estimate of drug-likeness (QED) is 0.701. The number of carboxylic acid groups (broad SMARTS) is 1. The molecule has 0 atom stereocenters. The number of rotatable bonds is 8. The number of aromatic nitrogens is 1. The van der Waals surface area contributed by atoms with Crippen LogP contribution in [0.1, 0.15) is 36.0 Å². The van der Waals surface area contributed by atoms with E-state index >= 15 is 0 Å². The highest BCUT2D eigenvalue weighted by atomic mass is 16.5. The van der Waals surface area contributed by atoms with E-state index in [2.05, 4.69) is 10.3 Å². The fourth-order valence-electron chi connectivity index (χ4n) is 2.41. The summed E-state index contributed by atoms with van der Waals surface area (Å²) < 4.78 is 10.2. The minimum Gasteiger partial charge on any atom is -0.481 e. The maximum absolute atomic E-state index is 12.3. The second-order valence-electron chi connectivity index (χ2n) is 5.38. The molecule has 1 aliphatic rings. The molecule has 1 aliphatic carbocycles. The Bertz CT molecular complexity index is 542. The van der Waals surface area contributed by atoms with Gasteiger partial charge in [-0.3, -0.25) is 9.59 Å². The molecule has 1 heterocycles. The normalized spacial score (nSPS) is 15.7. The van der Waals surface area contributed by atoms with Crippen LogP contribution in [0.4, 0.5) is 0 Å². The molecule has 0 spiro atoms. The van der Waals surface area contributed by atoms with Crippen LogP contribution in [-0.4, -0.2) is 47.8 Å². The van der Waals surface area contributed by atoms with Crippen LogP contribution in [0, 0.1) is 0 Å². The van der Waals surface area contributed by atoms with E-state index in [0.717, 1.165) is 6.42 Å². The highest BCUT2D eigenvalue weighted by Gasteiger charge is 2.40. The van der Waals surface area contributed by atoms with Gasteiger partial charge in [-0.2, -0.15) is 0 Å². The molecule has 0 aliphatic heterocycles. The fourth-order valence-corrected chi connectivity index (χ4v) is 2.41. The Morgan fingerprint density at radius 2 is 2.18 bits per heavy atom. The maximum Gasteiger partial charge on any atom is 0.305 e. The molecule has 7 heteroatoms. The number of pyridine rings is 1. The Balaban J connectivity index is 1.99. The average molecular weight is 308 g/mol. The van der Waals surface area contributed by atoms with Crippen LogP contribution in [-0.2, 0) is 9.53 Å². The van der Waals surface area contributed by atoms with Crippen LogP contribution in [0.5, 0.6) is 5.88 Å². The summed E-state index contributed by atoms with van der Waals surface area (Å²) in [5, 5.41) is 11.8. The van der Waals surface area contributed by atoms with Gasteiger partial charge in [0.15, 0.2) is 0 Å². The Kier molecular flexibility index (Phi) is 5.32. The van der Waals surface area contributed by atoms with Crippen molar-refractivity contribution >= 4 is 11.9 Å². The van der Waals surface area contributed by atoms with E-state index in [0.29, 0.717) is 37.5 Å². The van der Waals surface area contributed by atoms with E-state index in [1.165, 1.54) is 12.3 Å². The van der Waals surface area contributed by atoms with Crippen molar-refractivity contribution in [3.63, 3.8) is 0 Å². The summed E-state index contributed by atoms with van der Waals surface area (Å²) in [4.78, 5) is 27.3. The van der Waals surface area contributed by atoms with Gasteiger partial charge >= 0.3 is 5.97 Å². The molecular formula is C15H20N2O5. The smallest absolute Gasteiger partial charge is 0.305 e. The lowest BCUT2D eigenvalue weighted by molar-refractivity contribution is -0.139. The Hall–Kier alpha value is -2.15. The second kappa shape index (κ2) is 7.22. The predicted molar refractivity (Wildman–Crippen MR) is 77.9 cm³/mol. The van der Waals surface area contributed by atoms with Gasteiger partial charge in [-0.25, -0.2) is 4.98 Å². The van der Waals surface area contributed by atoms with E-state index in [-0.39, 0.29) is 12.3 Å². The van der Waals surface area contributed by atoms with Gasteiger partial charge in [-0.05, 0) is 25.3 Å². The van der Waals surface area contributed by atoms with Crippen molar-refractivity contribution < 1.29 is 24.2 Å². The zero-order chi connectivity index (χ0) is 16.0. The second-order valence-corrected chi connectivity index (χ2v) is 5.38. The molecule has 120 valence electrons. The van der Waals surface area contributed by atoms with Gasteiger partial charge in [0.1, 0.15) is 6.61 Å². The van der Waals surface area contributed by atoms with Crippen LogP contribution in [0.25, 0.3) is 0 Å². The Labute approximate surface area is 128 Å². The summed E-state index contributed by atoms with van der Waals surface area (Å²) in [5.74, 6) is -0.871. The fraction of sp³-hybridized carbons (Fsp3) is 0.533. The molecule has 1 aromatic heterocycles. The van der Waals surface area contributed by atoms with E-state index < -0.39 is 11.5 Å². The summed E-state index contributed by atoms with van der Waals surface area (Å²) in [6.07, 6.45) is 3.73. The standard InChI is InChI=1S/C15H20N2O5/c1-21-7-8-22-12-9-11(3-6-16-12)14(20)17-15(4-2-5-15)10-13(18)19/h3,6,9H,2,4-5,7-8,10H2,1H3,(H,17,20)(H,18,19). The van der Waals surface area contributed by atoms with Gasteiger partial charge in [-0.1, -0.05) is 0 Å². The summed E-state index contributed by atoms with van der Waals surface area (Å²) >= 11 is 0. The number of aliphatic carboxylic acids is 1. The number of carbonyl (C=O) groups is 2. The number of hydrogen-bond donors (Lipinski definition) is 2. The monoisotopic (exact) mass is 308 g/mol. The van der Waals surface area contributed by atoms with Crippen LogP contribution >= 0.6 is 0 Å². The first-order chi connectivity index (χ1) is 10.5. The van der Waals surface area contributed by atoms with Crippen LogP contribution in [0.3, 0.4) is 0 Å². The maximum atomic E-state index is 12.3. The lowest BCUT2D eigenvalue weighted by Crippen LogP contribution is -2.54. The topological polar surface area (TPSA) is 97.8 Å². The molecule has 2 N–H and O–H groups in total. The first-order valence-corrected chi connectivity index (χ1v) is 7.17. The van der Waals surface area contributed by atoms with Crippen molar-refractivity contribution in [2.24, 2.45) is 0 Å². The third-order valence-corrected chi connectivity index (χ3v) is 3.71. The predicted octanol–water partition coefficient (Wildman–Crippen LogP) is 1.23. The molecule has 1 fully saturated rings. The Morgan fingerprint density at radius 3 is 2.77 bits per heavy atom. The van der Waals surface area contributed by atoms with Crippen molar-refractivity contribution in [2.75, 3.05) is 20.3 Å². The van der Waals surface area contributed by atoms with Crippen molar-refractivity contribution in [1.29, 1.82) is 0 Å². The number of carboxylic acids is 1. The SMILES string of the molecule is COCCOc1cc(C(=O)NC2(CC(=O)O)CCC2)ccn1. The third-order valence-electron chi connectivity index (χ3n) is 3.71. The van der Waals surface area contributed by atoms with E-state index in [1.807, 2.05) is 0 Å². The molecule has 0 unspecified atom stereocenters. The largest absolute Gasteiger partial charge is 0.481 e. The van der Waals surface area contributed by atoms with Crippen molar-refractivity contribution in [2.45, 2.75) is 31.2 Å². The molecule has 2 rings (SSSR count). The van der Waals surface area contributed by atoms with Crippen molar-refractivity contribution in [3.8, 4) is 5.88 Å². The number of carbonyl (C=O) groups excluding carboxylic acids is 1. The van der Waals surface area contributed by atoms with E-state index in [9.17, 15) is 9.59 Å². The highest BCUT2D eigenvalue weighted by Crippen LogP contribution is 2.35. The van der Waals surface area contributed by atoms with Gasteiger partial charge in [0, 0.05) is 24.9 Å². The molecule has 0 saturated heterocycles. The number of hydrogen-bond acceptors (Lipinski definition) is 5.